The zero-order valence-electron chi connectivity index (χ0n) is 9.03. The highest BCUT2D eigenvalue weighted by Crippen LogP contribution is 2.18. The second-order valence-corrected chi connectivity index (χ2v) is 3.83. The molecule has 14 heavy (non-hydrogen) atoms. The molecule has 1 aromatic heterocycles. The maximum absolute atomic E-state index is 11.5. The van der Waals surface area contributed by atoms with Crippen LogP contribution in [0.4, 0.5) is 5.69 Å². The van der Waals surface area contributed by atoms with Crippen LogP contribution < -0.4 is 11.3 Å². The molecule has 0 radical (unpaired) electrons. The predicted molar refractivity (Wildman–Crippen MR) is 59.3 cm³/mol. The number of pyridine rings is 1. The summed E-state index contributed by atoms with van der Waals surface area (Å²) in [5.74, 6) is 0.481. The van der Waals surface area contributed by atoms with E-state index in [1.807, 2.05) is 0 Å². The van der Waals surface area contributed by atoms with Gasteiger partial charge in [0.05, 0.1) is 0 Å². The maximum atomic E-state index is 11.5. The van der Waals surface area contributed by atoms with Gasteiger partial charge in [-0.15, -0.1) is 0 Å². The van der Waals surface area contributed by atoms with Gasteiger partial charge in [-0.25, -0.2) is 0 Å². The summed E-state index contributed by atoms with van der Waals surface area (Å²) < 4.78 is 1.71. The van der Waals surface area contributed by atoms with Crippen LogP contribution in [0.5, 0.6) is 0 Å². The van der Waals surface area contributed by atoms with Crippen molar-refractivity contribution in [2.45, 2.75) is 33.2 Å². The van der Waals surface area contributed by atoms with Gasteiger partial charge in [-0.05, 0) is 18.9 Å². The minimum absolute atomic E-state index is 0.0204. The molecule has 1 rings (SSSR count). The van der Waals surface area contributed by atoms with Crippen molar-refractivity contribution < 1.29 is 0 Å². The number of aromatic nitrogens is 1. The van der Waals surface area contributed by atoms with Crippen LogP contribution in [0.15, 0.2) is 23.1 Å². The van der Waals surface area contributed by atoms with E-state index < -0.39 is 0 Å². The average Bonchev–Trinajstić information content (AvgIpc) is 2.19. The van der Waals surface area contributed by atoms with Crippen LogP contribution in [0.1, 0.15) is 33.2 Å². The Morgan fingerprint density at radius 1 is 1.43 bits per heavy atom. The fourth-order valence-corrected chi connectivity index (χ4v) is 1.45. The predicted octanol–water partition coefficient (Wildman–Crippen LogP) is 2.04. The third kappa shape index (κ3) is 2.16. The van der Waals surface area contributed by atoms with Gasteiger partial charge in [0.25, 0.3) is 5.56 Å². The Bertz CT molecular complexity index is 357. The van der Waals surface area contributed by atoms with Gasteiger partial charge in [-0.1, -0.05) is 20.3 Å². The number of nitrogen functional groups attached to an aromatic ring is 1. The van der Waals surface area contributed by atoms with E-state index in [9.17, 15) is 4.79 Å². The molecule has 0 aliphatic heterocycles. The van der Waals surface area contributed by atoms with E-state index in [4.69, 9.17) is 5.73 Å². The molecule has 3 nitrogen and oxygen atoms in total. The molecule has 0 fully saturated rings. The third-order valence-electron chi connectivity index (χ3n) is 2.87. The molecule has 0 aliphatic carbocycles. The normalized spacial score (nSPS) is 15.1. The molecule has 2 atom stereocenters. The first-order valence-electron chi connectivity index (χ1n) is 5.04. The lowest BCUT2D eigenvalue weighted by Crippen LogP contribution is -2.25. The largest absolute Gasteiger partial charge is 0.398 e. The highest BCUT2D eigenvalue weighted by molar-refractivity contribution is 5.33. The molecule has 0 bridgehead atoms. The summed E-state index contributed by atoms with van der Waals surface area (Å²) in [6.07, 6.45) is 2.78. The van der Waals surface area contributed by atoms with Gasteiger partial charge in [0.1, 0.15) is 0 Å². The zero-order valence-corrected chi connectivity index (χ0v) is 9.03. The van der Waals surface area contributed by atoms with Gasteiger partial charge in [0.2, 0.25) is 0 Å². The summed E-state index contributed by atoms with van der Waals surface area (Å²) in [5.41, 5.74) is 6.31. The third-order valence-corrected chi connectivity index (χ3v) is 2.87. The summed E-state index contributed by atoms with van der Waals surface area (Å²) in [7, 11) is 0. The summed E-state index contributed by atoms with van der Waals surface area (Å²) in [5, 5.41) is 0. The summed E-state index contributed by atoms with van der Waals surface area (Å²) in [6, 6.07) is 3.37. The van der Waals surface area contributed by atoms with Crippen molar-refractivity contribution in [2.24, 2.45) is 5.92 Å². The lowest BCUT2D eigenvalue weighted by atomic mass is 10.0. The molecule has 0 aliphatic rings. The number of nitrogens with two attached hydrogens (primary N) is 1. The van der Waals surface area contributed by atoms with Crippen LogP contribution in [0.25, 0.3) is 0 Å². The Labute approximate surface area is 84.6 Å². The number of rotatable bonds is 3. The molecule has 0 saturated heterocycles. The van der Waals surface area contributed by atoms with Crippen LogP contribution in [0, 0.1) is 5.92 Å². The molecule has 0 spiro atoms. The molecule has 3 heteroatoms. The quantitative estimate of drug-likeness (QED) is 0.800. The summed E-state index contributed by atoms with van der Waals surface area (Å²) in [6.45, 7) is 6.31. The average molecular weight is 194 g/mol. The molecular formula is C11H18N2O. The second-order valence-electron chi connectivity index (χ2n) is 3.83. The Morgan fingerprint density at radius 3 is 2.64 bits per heavy atom. The number of anilines is 1. The maximum Gasteiger partial charge on any atom is 0.250 e. The minimum atomic E-state index is 0.0204. The Balaban J connectivity index is 3.05. The van der Waals surface area contributed by atoms with Gasteiger partial charge < -0.3 is 10.3 Å². The minimum Gasteiger partial charge on any atom is -0.398 e. The van der Waals surface area contributed by atoms with E-state index in [1.54, 1.807) is 16.8 Å². The van der Waals surface area contributed by atoms with E-state index >= 15 is 0 Å². The van der Waals surface area contributed by atoms with Gasteiger partial charge in [0, 0.05) is 24.0 Å². The van der Waals surface area contributed by atoms with E-state index in [0.29, 0.717) is 11.6 Å². The van der Waals surface area contributed by atoms with Gasteiger partial charge in [-0.2, -0.15) is 0 Å². The number of nitrogens with zero attached hydrogens (tertiary/aromatic N) is 1. The lowest BCUT2D eigenvalue weighted by Gasteiger charge is -2.21. The molecule has 0 aromatic carbocycles. The van der Waals surface area contributed by atoms with Gasteiger partial charge in [-0.3, -0.25) is 4.79 Å². The first kappa shape index (κ1) is 10.8. The fraction of sp³-hybridized carbons (Fsp3) is 0.545. The summed E-state index contributed by atoms with van der Waals surface area (Å²) in [4.78, 5) is 11.5. The first-order valence-corrected chi connectivity index (χ1v) is 5.04. The molecule has 2 N–H and O–H groups in total. The first-order chi connectivity index (χ1) is 6.56. The Kier molecular flexibility index (Phi) is 3.33. The molecule has 78 valence electrons. The van der Waals surface area contributed by atoms with Crippen molar-refractivity contribution in [1.82, 2.24) is 4.57 Å². The highest BCUT2D eigenvalue weighted by atomic mass is 16.1. The van der Waals surface area contributed by atoms with Crippen molar-refractivity contribution in [2.75, 3.05) is 5.73 Å². The molecule has 1 aromatic rings. The molecule has 2 unspecified atom stereocenters. The van der Waals surface area contributed by atoms with E-state index in [-0.39, 0.29) is 11.6 Å². The standard InChI is InChI=1S/C11H18N2O/c1-4-8(2)9(3)13-7-10(12)5-6-11(13)14/h5-9H,4,12H2,1-3H3. The second kappa shape index (κ2) is 4.31. The van der Waals surface area contributed by atoms with Gasteiger partial charge in [0.15, 0.2) is 0 Å². The molecular weight excluding hydrogens is 176 g/mol. The molecule has 0 saturated carbocycles. The van der Waals surface area contributed by atoms with E-state index in [0.717, 1.165) is 6.42 Å². The van der Waals surface area contributed by atoms with Crippen LogP contribution in [-0.2, 0) is 0 Å². The topological polar surface area (TPSA) is 48.0 Å². The van der Waals surface area contributed by atoms with E-state index in [2.05, 4.69) is 20.8 Å². The lowest BCUT2D eigenvalue weighted by molar-refractivity contribution is 0.362. The van der Waals surface area contributed by atoms with Crippen LogP contribution >= 0.6 is 0 Å². The smallest absolute Gasteiger partial charge is 0.250 e. The van der Waals surface area contributed by atoms with Crippen LogP contribution in [0.3, 0.4) is 0 Å². The fourth-order valence-electron chi connectivity index (χ4n) is 1.45. The zero-order chi connectivity index (χ0) is 10.7. The van der Waals surface area contributed by atoms with Crippen molar-refractivity contribution in [1.29, 1.82) is 0 Å². The molecule has 0 amide bonds. The molecule has 1 heterocycles. The number of hydrogen-bond donors (Lipinski definition) is 1. The van der Waals surface area contributed by atoms with Gasteiger partial charge >= 0.3 is 0 Å². The highest BCUT2D eigenvalue weighted by Gasteiger charge is 2.12. The monoisotopic (exact) mass is 194 g/mol. The number of hydrogen-bond acceptors (Lipinski definition) is 2. The van der Waals surface area contributed by atoms with Crippen molar-refractivity contribution in [3.63, 3.8) is 0 Å². The van der Waals surface area contributed by atoms with E-state index in [1.165, 1.54) is 6.07 Å². The summed E-state index contributed by atoms with van der Waals surface area (Å²) >= 11 is 0. The van der Waals surface area contributed by atoms with Crippen molar-refractivity contribution in [3.05, 3.63) is 28.7 Å². The Morgan fingerprint density at radius 2 is 2.07 bits per heavy atom. The SMILES string of the molecule is CCC(C)C(C)n1cc(N)ccc1=O. The van der Waals surface area contributed by atoms with Crippen molar-refractivity contribution >= 4 is 5.69 Å². The van der Waals surface area contributed by atoms with Crippen LogP contribution in [-0.4, -0.2) is 4.57 Å². The Hall–Kier alpha value is -1.25. The van der Waals surface area contributed by atoms with Crippen molar-refractivity contribution in [3.8, 4) is 0 Å². The van der Waals surface area contributed by atoms with Crippen LogP contribution in [0.2, 0.25) is 0 Å².